The molecule has 156 valence electrons. The predicted octanol–water partition coefficient (Wildman–Crippen LogP) is 4.21. The highest BCUT2D eigenvalue weighted by atomic mass is 16.4. The van der Waals surface area contributed by atoms with Gasteiger partial charge in [-0.05, 0) is 64.5 Å². The van der Waals surface area contributed by atoms with Crippen molar-refractivity contribution in [2.24, 2.45) is 11.8 Å². The third-order valence-electron chi connectivity index (χ3n) is 6.66. The predicted molar refractivity (Wildman–Crippen MR) is 112 cm³/mol. The van der Waals surface area contributed by atoms with Crippen molar-refractivity contribution in [3.63, 3.8) is 0 Å². The van der Waals surface area contributed by atoms with Gasteiger partial charge in [0.15, 0.2) is 0 Å². The summed E-state index contributed by atoms with van der Waals surface area (Å²) in [4.78, 5) is 31.3. The van der Waals surface area contributed by atoms with Gasteiger partial charge in [0.05, 0.1) is 17.0 Å². The normalized spacial score (nSPS) is 25.5. The van der Waals surface area contributed by atoms with Crippen LogP contribution < -0.4 is 0 Å². The fraction of sp³-hybridized carbons (Fsp3) is 0.609. The first-order valence-electron chi connectivity index (χ1n) is 10.9. The maximum atomic E-state index is 13.1. The molecule has 1 aliphatic heterocycles. The van der Waals surface area contributed by atoms with Crippen LogP contribution in [0.4, 0.5) is 0 Å². The van der Waals surface area contributed by atoms with E-state index in [1.54, 1.807) is 0 Å². The molecule has 6 heteroatoms. The fourth-order valence-electron chi connectivity index (χ4n) is 5.13. The average molecular weight is 398 g/mol. The highest BCUT2D eigenvalue weighted by Gasteiger charge is 2.35. The number of para-hydroxylation sites is 2. The lowest BCUT2D eigenvalue weighted by Gasteiger charge is -2.36. The number of nitrogens with zero attached hydrogens (tertiary/aromatic N) is 3. The minimum atomic E-state index is -0.721. The standard InChI is InChI=1S/C23H31N3O3/c1-15(2)26-20-8-4-3-7-19(20)24-21(26)18-6-5-13-25(14-18)22(27)16-9-11-17(12-10-16)23(28)29/h3-4,7-8,15-18H,5-6,9-14H2,1-2H3,(H,28,29). The number of likely N-dealkylation sites (tertiary alicyclic amines) is 1. The molecule has 1 aliphatic carbocycles. The summed E-state index contributed by atoms with van der Waals surface area (Å²) in [6, 6.07) is 8.57. The largest absolute Gasteiger partial charge is 0.481 e. The van der Waals surface area contributed by atoms with Crippen molar-refractivity contribution < 1.29 is 14.7 Å². The highest BCUT2D eigenvalue weighted by molar-refractivity contribution is 5.80. The van der Waals surface area contributed by atoms with E-state index in [1.165, 1.54) is 0 Å². The Labute approximate surface area is 171 Å². The van der Waals surface area contributed by atoms with Crippen LogP contribution in [0.15, 0.2) is 24.3 Å². The van der Waals surface area contributed by atoms with Crippen molar-refractivity contribution >= 4 is 22.9 Å². The Morgan fingerprint density at radius 2 is 1.76 bits per heavy atom. The number of hydrogen-bond donors (Lipinski definition) is 1. The van der Waals surface area contributed by atoms with Gasteiger partial charge >= 0.3 is 5.97 Å². The molecule has 4 rings (SSSR count). The van der Waals surface area contributed by atoms with Crippen molar-refractivity contribution in [1.29, 1.82) is 0 Å². The summed E-state index contributed by atoms with van der Waals surface area (Å²) in [7, 11) is 0. The number of hydrogen-bond acceptors (Lipinski definition) is 3. The molecule has 1 N–H and O–H groups in total. The second-order valence-corrected chi connectivity index (χ2v) is 8.93. The van der Waals surface area contributed by atoms with Crippen LogP contribution in [0.2, 0.25) is 0 Å². The molecular weight excluding hydrogens is 366 g/mol. The number of carbonyl (C=O) groups excluding carboxylic acids is 1. The molecule has 29 heavy (non-hydrogen) atoms. The maximum absolute atomic E-state index is 13.1. The Morgan fingerprint density at radius 3 is 2.45 bits per heavy atom. The van der Waals surface area contributed by atoms with E-state index in [4.69, 9.17) is 4.98 Å². The average Bonchev–Trinajstić information content (AvgIpc) is 3.13. The number of imidazole rings is 1. The zero-order valence-electron chi connectivity index (χ0n) is 17.4. The Kier molecular flexibility index (Phi) is 5.61. The van der Waals surface area contributed by atoms with Crippen LogP contribution in [-0.4, -0.2) is 44.5 Å². The summed E-state index contributed by atoms with van der Waals surface area (Å²) in [5, 5.41) is 9.20. The molecular formula is C23H31N3O3. The van der Waals surface area contributed by atoms with E-state index in [9.17, 15) is 14.7 Å². The number of rotatable bonds is 4. The molecule has 1 amide bonds. The van der Waals surface area contributed by atoms with Crippen LogP contribution >= 0.6 is 0 Å². The Bertz CT molecular complexity index is 896. The van der Waals surface area contributed by atoms with Crippen molar-refractivity contribution in [3.05, 3.63) is 30.1 Å². The van der Waals surface area contributed by atoms with Crippen molar-refractivity contribution in [2.75, 3.05) is 13.1 Å². The van der Waals surface area contributed by atoms with E-state index in [-0.39, 0.29) is 23.7 Å². The van der Waals surface area contributed by atoms with Gasteiger partial charge in [-0.25, -0.2) is 4.98 Å². The van der Waals surface area contributed by atoms with Crippen LogP contribution in [0, 0.1) is 11.8 Å². The van der Waals surface area contributed by atoms with E-state index in [1.807, 2.05) is 11.0 Å². The molecule has 1 atom stereocenters. The molecule has 1 saturated heterocycles. The lowest BCUT2D eigenvalue weighted by molar-refractivity contribution is -0.146. The molecule has 2 fully saturated rings. The van der Waals surface area contributed by atoms with Gasteiger partial charge in [0.25, 0.3) is 0 Å². The molecule has 1 unspecified atom stereocenters. The van der Waals surface area contributed by atoms with Crippen LogP contribution in [0.25, 0.3) is 11.0 Å². The number of aromatic nitrogens is 2. The zero-order valence-corrected chi connectivity index (χ0v) is 17.4. The van der Waals surface area contributed by atoms with E-state index in [0.717, 1.165) is 36.2 Å². The first kappa shape index (κ1) is 19.9. The molecule has 6 nitrogen and oxygen atoms in total. The molecule has 0 spiro atoms. The van der Waals surface area contributed by atoms with Gasteiger partial charge in [-0.2, -0.15) is 0 Å². The van der Waals surface area contributed by atoms with Gasteiger partial charge in [0, 0.05) is 31.0 Å². The molecule has 1 aromatic carbocycles. The second-order valence-electron chi connectivity index (χ2n) is 8.93. The lowest BCUT2D eigenvalue weighted by Crippen LogP contribution is -2.44. The van der Waals surface area contributed by atoms with Gasteiger partial charge in [0.2, 0.25) is 5.91 Å². The van der Waals surface area contributed by atoms with Crippen LogP contribution in [0.5, 0.6) is 0 Å². The quantitative estimate of drug-likeness (QED) is 0.838. The first-order valence-corrected chi connectivity index (χ1v) is 10.9. The monoisotopic (exact) mass is 397 g/mol. The Balaban J connectivity index is 1.50. The summed E-state index contributed by atoms with van der Waals surface area (Å²) in [6.07, 6.45) is 4.66. The third kappa shape index (κ3) is 3.89. The van der Waals surface area contributed by atoms with Gasteiger partial charge in [0.1, 0.15) is 5.82 Å². The minimum Gasteiger partial charge on any atom is -0.481 e. The summed E-state index contributed by atoms with van der Waals surface area (Å²) < 4.78 is 2.33. The van der Waals surface area contributed by atoms with Gasteiger partial charge in [-0.15, -0.1) is 0 Å². The van der Waals surface area contributed by atoms with Gasteiger partial charge in [-0.1, -0.05) is 12.1 Å². The molecule has 2 aliphatic rings. The Morgan fingerprint density at radius 1 is 1.07 bits per heavy atom. The van der Waals surface area contributed by atoms with Crippen LogP contribution in [-0.2, 0) is 9.59 Å². The van der Waals surface area contributed by atoms with Crippen LogP contribution in [0.1, 0.15) is 70.2 Å². The molecule has 1 saturated carbocycles. The molecule has 0 radical (unpaired) electrons. The van der Waals surface area contributed by atoms with E-state index < -0.39 is 5.97 Å². The Hall–Kier alpha value is -2.37. The summed E-state index contributed by atoms with van der Waals surface area (Å²) in [6.45, 7) is 5.89. The second kappa shape index (κ2) is 8.17. The number of aliphatic carboxylic acids is 1. The lowest BCUT2D eigenvalue weighted by atomic mass is 9.81. The number of amides is 1. The van der Waals surface area contributed by atoms with Crippen molar-refractivity contribution in [2.45, 2.75) is 64.3 Å². The highest BCUT2D eigenvalue weighted by Crippen LogP contribution is 2.34. The number of benzene rings is 1. The molecule has 2 aromatic rings. The molecule has 0 bridgehead atoms. The van der Waals surface area contributed by atoms with Crippen molar-refractivity contribution in [3.8, 4) is 0 Å². The summed E-state index contributed by atoms with van der Waals surface area (Å²) in [5.41, 5.74) is 2.18. The SMILES string of the molecule is CC(C)n1c(C2CCCN(C(=O)C3CCC(C(=O)O)CC3)C2)nc2ccccc21. The smallest absolute Gasteiger partial charge is 0.306 e. The van der Waals surface area contributed by atoms with E-state index >= 15 is 0 Å². The number of carbonyl (C=O) groups is 2. The van der Waals surface area contributed by atoms with Gasteiger partial charge in [-0.3, -0.25) is 9.59 Å². The number of fused-ring (bicyclic) bond motifs is 1. The van der Waals surface area contributed by atoms with E-state index in [2.05, 4.69) is 36.6 Å². The topological polar surface area (TPSA) is 75.4 Å². The molecule has 2 heterocycles. The van der Waals surface area contributed by atoms with Gasteiger partial charge < -0.3 is 14.6 Å². The minimum absolute atomic E-state index is 0.0201. The number of carboxylic acid groups (broad SMARTS) is 1. The zero-order chi connectivity index (χ0) is 20.5. The maximum Gasteiger partial charge on any atom is 0.306 e. The van der Waals surface area contributed by atoms with Crippen molar-refractivity contribution in [1.82, 2.24) is 14.5 Å². The number of piperidine rings is 1. The third-order valence-corrected chi connectivity index (χ3v) is 6.66. The summed E-state index contributed by atoms with van der Waals surface area (Å²) in [5.74, 6) is 0.533. The van der Waals surface area contributed by atoms with E-state index in [0.29, 0.717) is 38.3 Å². The van der Waals surface area contributed by atoms with Crippen LogP contribution in [0.3, 0.4) is 0 Å². The summed E-state index contributed by atoms with van der Waals surface area (Å²) >= 11 is 0. The first-order chi connectivity index (χ1) is 14.0. The number of carboxylic acids is 1. The molecule has 1 aromatic heterocycles. The fourth-order valence-corrected chi connectivity index (χ4v) is 5.13.